The lowest BCUT2D eigenvalue weighted by molar-refractivity contribution is -0.133. The number of aliphatic hydroxyl groups is 1. The monoisotopic (exact) mass is 382 g/mol. The first-order chi connectivity index (χ1) is 12.8. The van der Waals surface area contributed by atoms with Gasteiger partial charge in [-0.2, -0.15) is 0 Å². The van der Waals surface area contributed by atoms with Crippen LogP contribution in [-0.4, -0.2) is 37.9 Å². The van der Waals surface area contributed by atoms with Crippen molar-refractivity contribution in [3.63, 3.8) is 0 Å². The maximum atomic E-state index is 11.7. The van der Waals surface area contributed by atoms with Gasteiger partial charge in [-0.05, 0) is 38.5 Å². The van der Waals surface area contributed by atoms with Crippen LogP contribution in [0.1, 0.15) is 51.2 Å². The van der Waals surface area contributed by atoms with E-state index in [1.807, 2.05) is 0 Å². The number of rotatable bonds is 10. The van der Waals surface area contributed by atoms with Gasteiger partial charge in [-0.1, -0.05) is 6.92 Å². The summed E-state index contributed by atoms with van der Waals surface area (Å²) in [4.78, 5) is 23.2. The van der Waals surface area contributed by atoms with Crippen molar-refractivity contribution < 1.29 is 33.6 Å². The molecule has 0 fully saturated rings. The Kier molecular flexibility index (Phi) is 9.08. The smallest absolute Gasteiger partial charge is 0.308 e. The number of carbonyl (C=O) groups is 2. The van der Waals surface area contributed by atoms with Crippen LogP contribution in [0.4, 0.5) is 0 Å². The van der Waals surface area contributed by atoms with Gasteiger partial charge in [-0.15, -0.1) is 0 Å². The Hall–Kier alpha value is -2.28. The molecule has 0 aromatic heterocycles. The normalized spacial score (nSPS) is 11.7. The Labute approximate surface area is 160 Å². The molecule has 1 unspecified atom stereocenters. The Morgan fingerprint density at radius 3 is 1.93 bits per heavy atom. The number of ether oxygens (including phenoxy) is 4. The second kappa shape index (κ2) is 10.8. The van der Waals surface area contributed by atoms with Crippen LogP contribution in [0.2, 0.25) is 0 Å². The zero-order valence-corrected chi connectivity index (χ0v) is 17.0. The molecule has 1 aromatic rings. The number of hydrogen-bond acceptors (Lipinski definition) is 7. The molecule has 1 N–H and O–H groups in total. The first-order valence-corrected chi connectivity index (χ1v) is 9.01. The molecule has 1 rings (SSSR count). The van der Waals surface area contributed by atoms with Crippen molar-refractivity contribution in [2.24, 2.45) is 5.92 Å². The largest absolute Gasteiger partial charge is 0.490 e. The summed E-state index contributed by atoms with van der Waals surface area (Å²) in [7, 11) is 2.86. The molecular formula is C20H30O7. The van der Waals surface area contributed by atoms with Gasteiger partial charge >= 0.3 is 11.9 Å². The number of methoxy groups -OCH3 is 2. The van der Waals surface area contributed by atoms with E-state index in [0.29, 0.717) is 17.9 Å². The average Bonchev–Trinajstić information content (AvgIpc) is 2.60. The highest BCUT2D eigenvalue weighted by Gasteiger charge is 2.28. The second-order valence-corrected chi connectivity index (χ2v) is 6.53. The summed E-state index contributed by atoms with van der Waals surface area (Å²) < 4.78 is 21.6. The van der Waals surface area contributed by atoms with E-state index in [9.17, 15) is 9.59 Å². The molecule has 27 heavy (non-hydrogen) atoms. The van der Waals surface area contributed by atoms with Gasteiger partial charge in [0.05, 0.1) is 14.2 Å². The quantitative estimate of drug-likeness (QED) is 0.491. The van der Waals surface area contributed by atoms with E-state index >= 15 is 0 Å². The van der Waals surface area contributed by atoms with Crippen molar-refractivity contribution in [2.75, 3.05) is 20.8 Å². The lowest BCUT2D eigenvalue weighted by Gasteiger charge is -2.22. The van der Waals surface area contributed by atoms with Gasteiger partial charge in [0.1, 0.15) is 0 Å². The van der Waals surface area contributed by atoms with Crippen LogP contribution in [0.25, 0.3) is 0 Å². The van der Waals surface area contributed by atoms with Gasteiger partial charge < -0.3 is 24.1 Å². The second-order valence-electron chi connectivity index (χ2n) is 6.53. The summed E-state index contributed by atoms with van der Waals surface area (Å²) in [5, 5.41) is 9.00. The van der Waals surface area contributed by atoms with Crippen LogP contribution in [0.15, 0.2) is 0 Å². The van der Waals surface area contributed by atoms with Gasteiger partial charge in [-0.3, -0.25) is 9.59 Å². The minimum absolute atomic E-state index is 0.162. The topological polar surface area (TPSA) is 91.3 Å². The van der Waals surface area contributed by atoms with Crippen molar-refractivity contribution in [1.29, 1.82) is 0 Å². The number of benzene rings is 1. The molecule has 152 valence electrons. The number of carbonyl (C=O) groups excluding carboxylic acids is 2. The Morgan fingerprint density at radius 2 is 1.44 bits per heavy atom. The summed E-state index contributed by atoms with van der Waals surface area (Å²) in [6.45, 7) is 6.68. The molecule has 0 aliphatic heterocycles. The molecule has 7 nitrogen and oxygen atoms in total. The van der Waals surface area contributed by atoms with Crippen molar-refractivity contribution >= 4 is 11.9 Å². The predicted octanol–water partition coefficient (Wildman–Crippen LogP) is 3.20. The van der Waals surface area contributed by atoms with Crippen molar-refractivity contribution in [2.45, 2.75) is 53.4 Å². The molecule has 0 aliphatic carbocycles. The zero-order chi connectivity index (χ0) is 20.6. The molecule has 0 saturated carbocycles. The fraction of sp³-hybridized carbons (Fsp3) is 0.600. The molecule has 0 aliphatic rings. The Balaban J connectivity index is 3.45. The van der Waals surface area contributed by atoms with Crippen molar-refractivity contribution in [3.05, 3.63) is 11.1 Å². The van der Waals surface area contributed by atoms with Crippen molar-refractivity contribution in [1.82, 2.24) is 0 Å². The Bertz CT molecular complexity index is 667. The van der Waals surface area contributed by atoms with Crippen molar-refractivity contribution in [3.8, 4) is 23.0 Å². The molecule has 0 saturated heterocycles. The lowest BCUT2D eigenvalue weighted by Crippen LogP contribution is -2.12. The summed E-state index contributed by atoms with van der Waals surface area (Å²) >= 11 is 0. The third-order valence-corrected chi connectivity index (χ3v) is 4.33. The summed E-state index contributed by atoms with van der Waals surface area (Å²) in [6, 6.07) is 0. The van der Waals surface area contributed by atoms with E-state index in [1.54, 1.807) is 6.92 Å². The number of hydrogen-bond donors (Lipinski definition) is 1. The summed E-state index contributed by atoms with van der Waals surface area (Å²) in [5.74, 6) is 0.365. The molecule has 0 heterocycles. The summed E-state index contributed by atoms with van der Waals surface area (Å²) in [5.41, 5.74) is 1.39. The van der Waals surface area contributed by atoms with Crippen LogP contribution in [0.5, 0.6) is 23.0 Å². The fourth-order valence-corrected chi connectivity index (χ4v) is 2.99. The van der Waals surface area contributed by atoms with Crippen LogP contribution in [0.3, 0.4) is 0 Å². The fourth-order valence-electron chi connectivity index (χ4n) is 2.99. The third kappa shape index (κ3) is 6.13. The minimum atomic E-state index is -0.485. The predicted molar refractivity (Wildman–Crippen MR) is 101 cm³/mol. The number of aliphatic hydroxyl groups excluding tert-OH is 1. The first kappa shape index (κ1) is 22.8. The van der Waals surface area contributed by atoms with Gasteiger partial charge in [0.25, 0.3) is 0 Å². The highest BCUT2D eigenvalue weighted by atomic mass is 16.6. The van der Waals surface area contributed by atoms with Crippen LogP contribution in [0, 0.1) is 12.8 Å². The third-order valence-electron chi connectivity index (χ3n) is 4.33. The molecule has 1 atom stereocenters. The van der Waals surface area contributed by atoms with Crippen LogP contribution >= 0.6 is 0 Å². The van der Waals surface area contributed by atoms with E-state index in [1.165, 1.54) is 28.1 Å². The van der Waals surface area contributed by atoms with Crippen LogP contribution < -0.4 is 18.9 Å². The van der Waals surface area contributed by atoms with E-state index in [4.69, 9.17) is 24.1 Å². The minimum Gasteiger partial charge on any atom is -0.490 e. The van der Waals surface area contributed by atoms with E-state index in [0.717, 1.165) is 24.8 Å². The SMILES string of the molecule is COc1c(OC(C)=O)c(C)c(CCC(C)CCCO)c(OC(C)=O)c1OC. The zero-order valence-electron chi connectivity index (χ0n) is 17.0. The molecule has 0 bridgehead atoms. The molecule has 0 spiro atoms. The standard InChI is InChI=1S/C20H30O7/c1-12(8-7-11-21)9-10-16-13(2)17(26-14(3)22)19(24-5)20(25-6)18(16)27-15(4)23/h12,21H,7-11H2,1-6H3. The van der Waals surface area contributed by atoms with E-state index in [-0.39, 0.29) is 29.6 Å². The molecule has 0 radical (unpaired) electrons. The summed E-state index contributed by atoms with van der Waals surface area (Å²) in [6.07, 6.45) is 3.03. The first-order valence-electron chi connectivity index (χ1n) is 9.01. The van der Waals surface area contributed by atoms with Crippen LogP contribution in [-0.2, 0) is 16.0 Å². The van der Waals surface area contributed by atoms with E-state index in [2.05, 4.69) is 6.92 Å². The van der Waals surface area contributed by atoms with Gasteiger partial charge in [0, 0.05) is 31.6 Å². The molecular weight excluding hydrogens is 352 g/mol. The van der Waals surface area contributed by atoms with E-state index < -0.39 is 11.9 Å². The highest BCUT2D eigenvalue weighted by molar-refractivity contribution is 5.78. The van der Waals surface area contributed by atoms with Gasteiger partial charge in [0.15, 0.2) is 11.5 Å². The average molecular weight is 382 g/mol. The molecule has 1 aromatic carbocycles. The number of esters is 2. The molecule has 7 heteroatoms. The van der Waals surface area contributed by atoms with Gasteiger partial charge in [0.2, 0.25) is 11.5 Å². The maximum Gasteiger partial charge on any atom is 0.308 e. The maximum absolute atomic E-state index is 11.7. The molecule has 0 amide bonds. The highest BCUT2D eigenvalue weighted by Crippen LogP contribution is 2.50. The lowest BCUT2D eigenvalue weighted by atomic mass is 9.93. The Morgan fingerprint density at radius 1 is 0.926 bits per heavy atom. The van der Waals surface area contributed by atoms with Gasteiger partial charge in [-0.25, -0.2) is 0 Å².